The molecule has 0 aliphatic carbocycles. The minimum absolute atomic E-state index is 0.418. The van der Waals surface area contributed by atoms with Crippen LogP contribution < -0.4 is 5.32 Å². The number of likely N-dealkylation sites (tertiary alicyclic amines) is 1. The number of aryl methyl sites for hydroxylation is 2. The van der Waals surface area contributed by atoms with Gasteiger partial charge in [-0.25, -0.2) is 4.98 Å². The van der Waals surface area contributed by atoms with Crippen molar-refractivity contribution in [2.75, 3.05) is 19.6 Å². The van der Waals surface area contributed by atoms with Crippen LogP contribution in [0.25, 0.3) is 0 Å². The molecule has 102 valence electrons. The van der Waals surface area contributed by atoms with Crippen molar-refractivity contribution in [3.8, 4) is 0 Å². The third kappa shape index (κ3) is 3.31. The van der Waals surface area contributed by atoms with Crippen LogP contribution >= 0.6 is 11.3 Å². The van der Waals surface area contributed by atoms with Crippen LogP contribution in [0, 0.1) is 13.8 Å². The number of thiazole rings is 1. The zero-order valence-electron chi connectivity index (χ0n) is 12.0. The molecule has 3 nitrogen and oxygen atoms in total. The molecule has 2 unspecified atom stereocenters. The highest BCUT2D eigenvalue weighted by Crippen LogP contribution is 2.24. The van der Waals surface area contributed by atoms with Crippen LogP contribution in [0.5, 0.6) is 0 Å². The van der Waals surface area contributed by atoms with Crippen molar-refractivity contribution in [3.63, 3.8) is 0 Å². The van der Waals surface area contributed by atoms with E-state index >= 15 is 0 Å². The van der Waals surface area contributed by atoms with Crippen LogP contribution in [0.3, 0.4) is 0 Å². The molecule has 2 atom stereocenters. The molecular formula is C14H25N3S. The highest BCUT2D eigenvalue weighted by Gasteiger charge is 2.19. The first-order valence-electron chi connectivity index (χ1n) is 6.99. The zero-order valence-corrected chi connectivity index (χ0v) is 12.8. The summed E-state index contributed by atoms with van der Waals surface area (Å²) in [4.78, 5) is 8.48. The van der Waals surface area contributed by atoms with E-state index in [2.05, 4.69) is 42.9 Å². The third-order valence-corrected chi connectivity index (χ3v) is 5.07. The lowest BCUT2D eigenvalue weighted by Gasteiger charge is -2.25. The minimum atomic E-state index is 0.418. The van der Waals surface area contributed by atoms with Crippen molar-refractivity contribution >= 4 is 11.3 Å². The molecule has 18 heavy (non-hydrogen) atoms. The second-order valence-electron chi connectivity index (χ2n) is 5.40. The average molecular weight is 267 g/mol. The van der Waals surface area contributed by atoms with Gasteiger partial charge >= 0.3 is 0 Å². The summed E-state index contributed by atoms with van der Waals surface area (Å²) in [6.07, 6.45) is 2.74. The Labute approximate surface area is 115 Å². The number of rotatable bonds is 5. The lowest BCUT2D eigenvalue weighted by molar-refractivity contribution is 0.247. The maximum atomic E-state index is 4.50. The van der Waals surface area contributed by atoms with Gasteiger partial charge in [-0.1, -0.05) is 0 Å². The Bertz CT molecular complexity index is 382. The van der Waals surface area contributed by atoms with E-state index in [0.717, 1.165) is 6.54 Å². The monoisotopic (exact) mass is 267 g/mol. The van der Waals surface area contributed by atoms with Gasteiger partial charge in [0.15, 0.2) is 0 Å². The number of hydrogen-bond donors (Lipinski definition) is 1. The summed E-state index contributed by atoms with van der Waals surface area (Å²) in [7, 11) is 0. The standard InChI is InChI=1S/C14H25N3S/c1-10(17-7-5-6-8-17)9-15-11(2)14-12(3)16-13(4)18-14/h10-11,15H,5-9H2,1-4H3. The molecule has 0 saturated carbocycles. The van der Waals surface area contributed by atoms with Crippen LogP contribution in [0.1, 0.15) is 48.3 Å². The molecule has 1 aliphatic rings. The molecule has 0 radical (unpaired) electrons. The summed E-state index contributed by atoms with van der Waals surface area (Å²) in [6, 6.07) is 1.06. The summed E-state index contributed by atoms with van der Waals surface area (Å²) >= 11 is 1.82. The second kappa shape index (κ2) is 6.13. The van der Waals surface area contributed by atoms with E-state index in [0.29, 0.717) is 12.1 Å². The van der Waals surface area contributed by atoms with E-state index in [1.807, 2.05) is 11.3 Å². The second-order valence-corrected chi connectivity index (χ2v) is 6.64. The van der Waals surface area contributed by atoms with Gasteiger partial charge in [-0.15, -0.1) is 11.3 Å². The number of nitrogens with zero attached hydrogens (tertiary/aromatic N) is 2. The lowest BCUT2D eigenvalue weighted by Crippen LogP contribution is -2.39. The van der Waals surface area contributed by atoms with E-state index in [-0.39, 0.29) is 0 Å². The average Bonchev–Trinajstić information content (AvgIpc) is 2.95. The quantitative estimate of drug-likeness (QED) is 0.889. The molecule has 0 spiro atoms. The lowest BCUT2D eigenvalue weighted by atomic mass is 10.2. The summed E-state index contributed by atoms with van der Waals surface area (Å²) < 4.78 is 0. The van der Waals surface area contributed by atoms with Crippen molar-refractivity contribution in [3.05, 3.63) is 15.6 Å². The Balaban J connectivity index is 1.84. The molecule has 0 amide bonds. The molecule has 0 aromatic carbocycles. The number of nitrogens with one attached hydrogen (secondary N) is 1. The van der Waals surface area contributed by atoms with Gasteiger partial charge in [0.2, 0.25) is 0 Å². The molecule has 1 aromatic rings. The molecule has 1 fully saturated rings. The smallest absolute Gasteiger partial charge is 0.0900 e. The van der Waals surface area contributed by atoms with E-state index in [1.54, 1.807) is 0 Å². The van der Waals surface area contributed by atoms with Crippen molar-refractivity contribution in [1.82, 2.24) is 15.2 Å². The minimum Gasteiger partial charge on any atom is -0.308 e. The Morgan fingerprint density at radius 3 is 2.50 bits per heavy atom. The van der Waals surface area contributed by atoms with Crippen LogP contribution in [0.2, 0.25) is 0 Å². The van der Waals surface area contributed by atoms with E-state index < -0.39 is 0 Å². The maximum Gasteiger partial charge on any atom is 0.0900 e. The molecule has 1 N–H and O–H groups in total. The first-order valence-corrected chi connectivity index (χ1v) is 7.81. The van der Waals surface area contributed by atoms with Gasteiger partial charge in [-0.3, -0.25) is 4.90 Å². The molecule has 0 bridgehead atoms. The van der Waals surface area contributed by atoms with Gasteiger partial charge in [0.1, 0.15) is 0 Å². The predicted octanol–water partition coefficient (Wildman–Crippen LogP) is 2.89. The zero-order chi connectivity index (χ0) is 13.1. The van der Waals surface area contributed by atoms with E-state index in [1.165, 1.54) is 41.5 Å². The SMILES string of the molecule is Cc1nc(C)c(C(C)NCC(C)N2CCCC2)s1. The number of hydrogen-bond acceptors (Lipinski definition) is 4. The Morgan fingerprint density at radius 2 is 1.94 bits per heavy atom. The van der Waals surface area contributed by atoms with Crippen LogP contribution in [-0.2, 0) is 0 Å². The summed E-state index contributed by atoms with van der Waals surface area (Å²) in [6.45, 7) is 12.4. The van der Waals surface area contributed by atoms with Crippen LogP contribution in [0.4, 0.5) is 0 Å². The fourth-order valence-corrected chi connectivity index (χ4v) is 3.65. The fourth-order valence-electron chi connectivity index (χ4n) is 2.70. The Kier molecular flexibility index (Phi) is 4.76. The van der Waals surface area contributed by atoms with Crippen molar-refractivity contribution in [2.45, 2.75) is 52.6 Å². The highest BCUT2D eigenvalue weighted by atomic mass is 32.1. The molecule has 1 aromatic heterocycles. The largest absolute Gasteiger partial charge is 0.308 e. The van der Waals surface area contributed by atoms with E-state index in [4.69, 9.17) is 0 Å². The van der Waals surface area contributed by atoms with Gasteiger partial charge in [-0.05, 0) is 53.6 Å². The number of aromatic nitrogens is 1. The molecule has 2 heterocycles. The molecule has 1 aliphatic heterocycles. The summed E-state index contributed by atoms with van der Waals surface area (Å²) in [5.74, 6) is 0. The molecule has 4 heteroatoms. The first-order chi connectivity index (χ1) is 8.58. The van der Waals surface area contributed by atoms with Gasteiger partial charge < -0.3 is 5.32 Å². The molecule has 2 rings (SSSR count). The third-order valence-electron chi connectivity index (χ3n) is 3.82. The topological polar surface area (TPSA) is 28.2 Å². The van der Waals surface area contributed by atoms with Crippen LogP contribution in [-0.4, -0.2) is 35.6 Å². The van der Waals surface area contributed by atoms with Crippen LogP contribution in [0.15, 0.2) is 0 Å². The van der Waals surface area contributed by atoms with Crippen molar-refractivity contribution < 1.29 is 0 Å². The first kappa shape index (κ1) is 14.0. The summed E-state index contributed by atoms with van der Waals surface area (Å²) in [5, 5.41) is 4.83. The van der Waals surface area contributed by atoms with Gasteiger partial charge in [0, 0.05) is 23.5 Å². The Hall–Kier alpha value is -0.450. The fraction of sp³-hybridized carbons (Fsp3) is 0.786. The van der Waals surface area contributed by atoms with Gasteiger partial charge in [0.05, 0.1) is 10.7 Å². The highest BCUT2D eigenvalue weighted by molar-refractivity contribution is 7.11. The predicted molar refractivity (Wildman–Crippen MR) is 78.3 cm³/mol. The van der Waals surface area contributed by atoms with E-state index in [9.17, 15) is 0 Å². The van der Waals surface area contributed by atoms with Crippen molar-refractivity contribution in [1.29, 1.82) is 0 Å². The normalized spacial score (nSPS) is 20.2. The van der Waals surface area contributed by atoms with Crippen molar-refractivity contribution in [2.24, 2.45) is 0 Å². The summed E-state index contributed by atoms with van der Waals surface area (Å²) in [5.41, 5.74) is 1.19. The molecular weight excluding hydrogens is 242 g/mol. The maximum absolute atomic E-state index is 4.50. The van der Waals surface area contributed by atoms with Gasteiger partial charge in [0.25, 0.3) is 0 Å². The molecule has 1 saturated heterocycles. The van der Waals surface area contributed by atoms with Gasteiger partial charge in [-0.2, -0.15) is 0 Å². The Morgan fingerprint density at radius 1 is 1.28 bits per heavy atom.